The van der Waals surface area contributed by atoms with Crippen molar-refractivity contribution in [2.75, 3.05) is 10.7 Å². The van der Waals surface area contributed by atoms with Gasteiger partial charge in [-0.3, -0.25) is 25.0 Å². The average Bonchev–Trinajstić information content (AvgIpc) is 3.01. The first-order valence-corrected chi connectivity index (χ1v) is 10.1. The Kier molecular flexibility index (Phi) is 5.36. The minimum atomic E-state index is -3.56. The van der Waals surface area contributed by atoms with E-state index in [0.29, 0.717) is 0 Å². The molecule has 2 aromatic carbocycles. The smallest absolute Gasteiger partial charge is 0.288 e. The van der Waals surface area contributed by atoms with Crippen molar-refractivity contribution in [1.29, 1.82) is 0 Å². The van der Waals surface area contributed by atoms with Gasteiger partial charge >= 0.3 is 0 Å². The number of carbonyl (C=O) groups is 1. The zero-order valence-electron chi connectivity index (χ0n) is 14.5. The van der Waals surface area contributed by atoms with Crippen LogP contribution < -0.4 is 4.90 Å². The summed E-state index contributed by atoms with van der Waals surface area (Å²) in [5.41, 5.74) is -0.836. The van der Waals surface area contributed by atoms with Gasteiger partial charge in [-0.05, 0) is 24.3 Å². The summed E-state index contributed by atoms with van der Waals surface area (Å²) in [5, 5.41) is 23.0. The topological polar surface area (TPSA) is 141 Å². The number of hydrogen-bond donors (Lipinski definition) is 0. The maximum Gasteiger partial charge on any atom is 0.288 e. The van der Waals surface area contributed by atoms with Gasteiger partial charge in [-0.15, -0.1) is 0 Å². The molecule has 1 aliphatic rings. The van der Waals surface area contributed by atoms with Crippen LogP contribution in [0.5, 0.6) is 0 Å². The Balaban J connectivity index is 2.11. The number of nitro benzene ring substituents is 2. The normalized spacial score (nSPS) is 17.1. The maximum atomic E-state index is 13.2. The van der Waals surface area contributed by atoms with E-state index in [4.69, 9.17) is 11.6 Å². The lowest BCUT2D eigenvalue weighted by Gasteiger charge is -2.27. The van der Waals surface area contributed by atoms with Gasteiger partial charge in [-0.25, -0.2) is 8.42 Å². The largest absolute Gasteiger partial charge is 0.300 e. The van der Waals surface area contributed by atoms with Crippen LogP contribution in [0.1, 0.15) is 10.4 Å². The van der Waals surface area contributed by atoms with E-state index in [2.05, 4.69) is 0 Å². The molecule has 0 N–H and O–H groups in total. The average molecular weight is 438 g/mol. The Hall–Kier alpha value is -3.31. The zero-order valence-corrected chi connectivity index (χ0v) is 16.0. The van der Waals surface area contributed by atoms with Crippen LogP contribution in [-0.4, -0.2) is 36.0 Å². The molecule has 1 aliphatic heterocycles. The Morgan fingerprint density at radius 1 is 1.10 bits per heavy atom. The van der Waals surface area contributed by atoms with E-state index < -0.39 is 43.1 Å². The number of nitro groups is 2. The van der Waals surface area contributed by atoms with Crippen LogP contribution in [-0.2, 0) is 9.84 Å². The quantitative estimate of drug-likeness (QED) is 0.516. The fraction of sp³-hybridized carbons (Fsp3) is 0.118. The second-order valence-electron chi connectivity index (χ2n) is 6.10. The zero-order chi connectivity index (χ0) is 21.3. The molecule has 12 heteroatoms. The van der Waals surface area contributed by atoms with Crippen molar-refractivity contribution in [2.45, 2.75) is 6.04 Å². The van der Waals surface area contributed by atoms with Crippen molar-refractivity contribution in [3.05, 3.63) is 84.8 Å². The highest BCUT2D eigenvalue weighted by Gasteiger charge is 2.33. The highest BCUT2D eigenvalue weighted by molar-refractivity contribution is 7.94. The van der Waals surface area contributed by atoms with Crippen molar-refractivity contribution >= 4 is 44.4 Å². The predicted octanol–water partition coefficient (Wildman–Crippen LogP) is 3.11. The maximum absolute atomic E-state index is 13.2. The van der Waals surface area contributed by atoms with Crippen LogP contribution in [0.3, 0.4) is 0 Å². The lowest BCUT2D eigenvalue weighted by molar-refractivity contribution is -0.384. The molecule has 0 radical (unpaired) electrons. The SMILES string of the molecule is O=C(c1ccc(Cl)c([N+](=O)[O-])c1)N(c1cccc([N+](=O)[O-])c1)C1C=CS(=O)(=O)C1. The fourth-order valence-corrected chi connectivity index (χ4v) is 4.32. The van der Waals surface area contributed by atoms with Gasteiger partial charge in [-0.1, -0.05) is 17.7 Å². The molecule has 1 unspecified atom stereocenters. The fourth-order valence-electron chi connectivity index (χ4n) is 2.86. The van der Waals surface area contributed by atoms with Crippen LogP contribution >= 0.6 is 11.6 Å². The lowest BCUT2D eigenvalue weighted by Crippen LogP contribution is -2.41. The second-order valence-corrected chi connectivity index (χ2v) is 8.44. The van der Waals surface area contributed by atoms with Crippen LogP contribution in [0, 0.1) is 20.2 Å². The van der Waals surface area contributed by atoms with Gasteiger partial charge in [0, 0.05) is 29.2 Å². The number of amides is 1. The molecule has 2 aromatic rings. The Morgan fingerprint density at radius 2 is 1.83 bits per heavy atom. The molecule has 0 aromatic heterocycles. The molecule has 0 spiro atoms. The molecule has 0 aliphatic carbocycles. The summed E-state index contributed by atoms with van der Waals surface area (Å²) in [6, 6.07) is 7.59. The van der Waals surface area contributed by atoms with E-state index in [9.17, 15) is 33.4 Å². The van der Waals surface area contributed by atoms with E-state index in [1.807, 2.05) is 0 Å². The van der Waals surface area contributed by atoms with Gasteiger partial charge in [0.1, 0.15) is 5.02 Å². The molecule has 0 fully saturated rings. The van der Waals surface area contributed by atoms with E-state index in [1.165, 1.54) is 36.4 Å². The summed E-state index contributed by atoms with van der Waals surface area (Å²) in [5.74, 6) is -1.19. The van der Waals surface area contributed by atoms with Crippen molar-refractivity contribution < 1.29 is 23.1 Å². The summed E-state index contributed by atoms with van der Waals surface area (Å²) in [4.78, 5) is 35.1. The summed E-state index contributed by atoms with van der Waals surface area (Å²) >= 11 is 5.78. The van der Waals surface area contributed by atoms with Crippen LogP contribution in [0.25, 0.3) is 0 Å². The van der Waals surface area contributed by atoms with Gasteiger partial charge in [0.15, 0.2) is 9.84 Å². The third-order valence-corrected chi connectivity index (χ3v) is 5.87. The lowest BCUT2D eigenvalue weighted by atomic mass is 10.1. The first-order chi connectivity index (χ1) is 13.6. The van der Waals surface area contributed by atoms with E-state index >= 15 is 0 Å². The summed E-state index contributed by atoms with van der Waals surface area (Å²) in [7, 11) is -3.56. The predicted molar refractivity (Wildman–Crippen MR) is 105 cm³/mol. The number of benzene rings is 2. The first kappa shape index (κ1) is 20.4. The Morgan fingerprint density at radius 3 is 2.41 bits per heavy atom. The Bertz CT molecular complexity index is 1160. The van der Waals surface area contributed by atoms with Crippen LogP contribution in [0.4, 0.5) is 17.1 Å². The number of halogens is 1. The van der Waals surface area contributed by atoms with Crippen LogP contribution in [0.15, 0.2) is 53.9 Å². The van der Waals surface area contributed by atoms with Crippen molar-refractivity contribution in [3.8, 4) is 0 Å². The number of hydrogen-bond acceptors (Lipinski definition) is 7. The Labute approximate surface area is 169 Å². The third-order valence-electron chi connectivity index (χ3n) is 4.17. The molecular formula is C17H12ClN3O7S. The number of non-ortho nitro benzene ring substituents is 1. The standard InChI is InChI=1S/C17H12ClN3O7S/c18-15-5-4-11(8-16(15)21(25)26)17(22)19(14-6-7-29(27,28)10-14)12-2-1-3-13(9-12)20(23)24/h1-9,14H,10H2. The van der Waals surface area contributed by atoms with Gasteiger partial charge in [0.2, 0.25) is 0 Å². The van der Waals surface area contributed by atoms with Gasteiger partial charge in [0.05, 0.1) is 27.3 Å². The molecule has 3 rings (SSSR count). The molecule has 0 saturated heterocycles. The minimum absolute atomic E-state index is 0.0774. The van der Waals surface area contributed by atoms with E-state index in [1.54, 1.807) is 0 Å². The van der Waals surface area contributed by atoms with Crippen molar-refractivity contribution in [3.63, 3.8) is 0 Å². The van der Waals surface area contributed by atoms with E-state index in [0.717, 1.165) is 22.4 Å². The van der Waals surface area contributed by atoms with E-state index in [-0.39, 0.29) is 22.0 Å². The summed E-state index contributed by atoms with van der Waals surface area (Å²) in [6.07, 6.45) is 1.29. The number of rotatable bonds is 5. The van der Waals surface area contributed by atoms with Crippen molar-refractivity contribution in [2.24, 2.45) is 0 Å². The molecule has 10 nitrogen and oxygen atoms in total. The molecule has 1 heterocycles. The number of sulfone groups is 1. The molecule has 1 atom stereocenters. The first-order valence-electron chi connectivity index (χ1n) is 8.02. The molecule has 150 valence electrons. The second kappa shape index (κ2) is 7.60. The highest BCUT2D eigenvalue weighted by atomic mass is 35.5. The monoisotopic (exact) mass is 437 g/mol. The molecule has 0 bridgehead atoms. The van der Waals surface area contributed by atoms with Crippen LogP contribution in [0.2, 0.25) is 5.02 Å². The summed E-state index contributed by atoms with van der Waals surface area (Å²) < 4.78 is 23.7. The number of anilines is 1. The molecule has 1 amide bonds. The molecular weight excluding hydrogens is 426 g/mol. The molecule has 29 heavy (non-hydrogen) atoms. The van der Waals surface area contributed by atoms with Gasteiger partial charge < -0.3 is 4.90 Å². The minimum Gasteiger partial charge on any atom is -0.300 e. The molecule has 0 saturated carbocycles. The number of nitrogens with zero attached hydrogens (tertiary/aromatic N) is 3. The van der Waals surface area contributed by atoms with Crippen molar-refractivity contribution in [1.82, 2.24) is 0 Å². The third kappa shape index (κ3) is 4.25. The van der Waals surface area contributed by atoms with Gasteiger partial charge in [-0.2, -0.15) is 0 Å². The summed E-state index contributed by atoms with van der Waals surface area (Å²) in [6.45, 7) is 0. The number of carbonyl (C=O) groups excluding carboxylic acids is 1. The highest BCUT2D eigenvalue weighted by Crippen LogP contribution is 2.30. The van der Waals surface area contributed by atoms with Gasteiger partial charge in [0.25, 0.3) is 17.3 Å².